The molecule has 39 heavy (non-hydrogen) atoms. The monoisotopic (exact) mass is 574 g/mol. The van der Waals surface area contributed by atoms with E-state index < -0.39 is 28.1 Å². The first-order valence-electron chi connectivity index (χ1n) is 13.2. The van der Waals surface area contributed by atoms with Crippen molar-refractivity contribution in [1.82, 2.24) is 0 Å². The summed E-state index contributed by atoms with van der Waals surface area (Å²) in [5.41, 5.74) is 0.656. The number of rotatable bonds is 17. The summed E-state index contributed by atoms with van der Waals surface area (Å²) in [5, 5.41) is 2.43. The van der Waals surface area contributed by atoms with Gasteiger partial charge in [-0.2, -0.15) is 0 Å². The summed E-state index contributed by atoms with van der Waals surface area (Å²) in [4.78, 5) is 45.3. The van der Waals surface area contributed by atoms with Gasteiger partial charge in [0.25, 0.3) is 0 Å². The van der Waals surface area contributed by atoms with Gasteiger partial charge in [0.2, 0.25) is 0 Å². The topological polar surface area (TPSA) is 89.5 Å². The second-order valence-corrected chi connectivity index (χ2v) is 21.3. The lowest BCUT2D eigenvalue weighted by Gasteiger charge is -2.17. The molecule has 0 aromatic heterocycles. The summed E-state index contributed by atoms with van der Waals surface area (Å²) in [5.74, 6) is -1.40. The van der Waals surface area contributed by atoms with Crippen LogP contribution in [0.3, 0.4) is 0 Å². The Bertz CT molecular complexity index is 938. The van der Waals surface area contributed by atoms with Crippen molar-refractivity contribution < 1.29 is 38.6 Å². The number of hydrogen-bond donors (Lipinski definition) is 0. The molecule has 0 atom stereocenters. The van der Waals surface area contributed by atoms with Crippen molar-refractivity contribution in [1.29, 1.82) is 0 Å². The lowest BCUT2D eigenvalue weighted by atomic mass is 10.2. The van der Waals surface area contributed by atoms with Crippen LogP contribution >= 0.6 is 0 Å². The van der Waals surface area contributed by atoms with Crippen molar-refractivity contribution >= 4 is 38.5 Å². The summed E-state index contributed by atoms with van der Waals surface area (Å²) in [6.45, 7) is 18.9. The number of carbonyl (C=O) groups is 2. The fraction of sp³-hybridized carbons (Fsp3) is 0.448. The molecule has 214 valence electrons. The molecule has 0 N–H and O–H groups in total. The molecule has 2 rings (SSSR count). The van der Waals surface area contributed by atoms with E-state index in [1.54, 1.807) is 24.3 Å². The fourth-order valence-corrected chi connectivity index (χ4v) is 5.63. The van der Waals surface area contributed by atoms with E-state index in [4.69, 9.17) is 29.0 Å². The Labute approximate surface area is 234 Å². The molecule has 2 aromatic rings. The zero-order valence-electron chi connectivity index (χ0n) is 24.0. The van der Waals surface area contributed by atoms with Gasteiger partial charge >= 0.3 is 18.2 Å². The highest BCUT2D eigenvalue weighted by Crippen LogP contribution is 2.16. The average molecular weight is 575 g/mol. The summed E-state index contributed by atoms with van der Waals surface area (Å²) >= 11 is 0. The molecule has 0 fully saturated rings. The van der Waals surface area contributed by atoms with Gasteiger partial charge < -0.3 is 9.47 Å². The molecule has 0 spiro atoms. The SMILES string of the molecule is [CH2]CCOCCCOCC[C](OOC(=O)c1ccc([Si](C)(C)C)cc1)OOC(=O)c1ccc([Si](C)(C)C)cc1. The first-order chi connectivity index (χ1) is 18.4. The van der Waals surface area contributed by atoms with Crippen molar-refractivity contribution in [3.8, 4) is 0 Å². The van der Waals surface area contributed by atoms with Crippen LogP contribution < -0.4 is 10.4 Å². The van der Waals surface area contributed by atoms with Crippen LogP contribution in [0, 0.1) is 13.2 Å². The predicted octanol–water partition coefficient (Wildman–Crippen LogP) is 5.18. The molecule has 0 saturated carbocycles. The molecule has 0 bridgehead atoms. The third-order valence-electron chi connectivity index (χ3n) is 5.71. The molecule has 0 saturated heterocycles. The highest BCUT2D eigenvalue weighted by molar-refractivity contribution is 6.89. The molecule has 2 radical (unpaired) electrons. The van der Waals surface area contributed by atoms with Crippen LogP contribution in [0.2, 0.25) is 39.3 Å². The van der Waals surface area contributed by atoms with E-state index in [2.05, 4.69) is 46.2 Å². The zero-order valence-corrected chi connectivity index (χ0v) is 26.0. The molecular formula is C29H42O8Si2. The minimum atomic E-state index is -1.50. The Morgan fingerprint density at radius 2 is 1.03 bits per heavy atom. The van der Waals surface area contributed by atoms with Crippen LogP contribution in [0.25, 0.3) is 0 Å². The molecular weight excluding hydrogens is 532 g/mol. The third kappa shape index (κ3) is 12.1. The number of benzene rings is 2. The van der Waals surface area contributed by atoms with Crippen LogP contribution in [0.1, 0.15) is 40.0 Å². The van der Waals surface area contributed by atoms with E-state index in [1.807, 2.05) is 24.3 Å². The first-order valence-corrected chi connectivity index (χ1v) is 20.2. The van der Waals surface area contributed by atoms with E-state index in [1.165, 1.54) is 10.4 Å². The minimum Gasteiger partial charge on any atom is -0.381 e. The Balaban J connectivity index is 1.92. The van der Waals surface area contributed by atoms with Crippen LogP contribution in [0.5, 0.6) is 0 Å². The largest absolute Gasteiger partial charge is 0.381 e. The quantitative estimate of drug-likeness (QED) is 0.111. The van der Waals surface area contributed by atoms with Gasteiger partial charge in [0.1, 0.15) is 0 Å². The lowest BCUT2D eigenvalue weighted by molar-refractivity contribution is -0.364. The second-order valence-electron chi connectivity index (χ2n) is 11.1. The molecule has 8 nitrogen and oxygen atoms in total. The molecule has 0 unspecified atom stereocenters. The molecule has 0 aliphatic carbocycles. The van der Waals surface area contributed by atoms with Crippen molar-refractivity contribution in [2.24, 2.45) is 0 Å². The van der Waals surface area contributed by atoms with Crippen LogP contribution in [-0.2, 0) is 29.0 Å². The fourth-order valence-electron chi connectivity index (χ4n) is 3.30. The normalized spacial score (nSPS) is 12.0. The highest BCUT2D eigenvalue weighted by atomic mass is 28.3. The molecule has 2 aromatic carbocycles. The van der Waals surface area contributed by atoms with E-state index in [0.717, 1.165) is 6.42 Å². The maximum atomic E-state index is 12.5. The average Bonchev–Trinajstić information content (AvgIpc) is 2.90. The Morgan fingerprint density at radius 1 is 0.615 bits per heavy atom. The minimum absolute atomic E-state index is 0.0728. The molecule has 0 aliphatic heterocycles. The van der Waals surface area contributed by atoms with Crippen molar-refractivity contribution in [3.63, 3.8) is 0 Å². The van der Waals surface area contributed by atoms with Gasteiger partial charge in [0, 0.05) is 26.2 Å². The van der Waals surface area contributed by atoms with E-state index >= 15 is 0 Å². The molecule has 0 amide bonds. The van der Waals surface area contributed by atoms with Gasteiger partial charge in [0.05, 0.1) is 33.9 Å². The van der Waals surface area contributed by atoms with Crippen molar-refractivity contribution in [2.75, 3.05) is 26.4 Å². The summed E-state index contributed by atoms with van der Waals surface area (Å²) in [7, 11) is -3.00. The van der Waals surface area contributed by atoms with E-state index in [-0.39, 0.29) is 19.3 Å². The van der Waals surface area contributed by atoms with Gasteiger partial charge in [-0.3, -0.25) is 9.78 Å². The zero-order chi connectivity index (χ0) is 28.9. The third-order valence-corrected chi connectivity index (χ3v) is 9.84. The van der Waals surface area contributed by atoms with Gasteiger partial charge in [-0.05, 0) is 37.1 Å². The molecule has 0 aliphatic rings. The second kappa shape index (κ2) is 16.0. The van der Waals surface area contributed by atoms with E-state index in [9.17, 15) is 9.59 Å². The van der Waals surface area contributed by atoms with Crippen LogP contribution in [0.4, 0.5) is 0 Å². The Morgan fingerprint density at radius 3 is 1.41 bits per heavy atom. The van der Waals surface area contributed by atoms with Gasteiger partial charge in [-0.25, -0.2) is 9.59 Å². The smallest absolute Gasteiger partial charge is 0.373 e. The van der Waals surface area contributed by atoms with E-state index in [0.29, 0.717) is 37.4 Å². The maximum absolute atomic E-state index is 12.5. The standard InChI is InChI=1S/C29H42O8Si2/c1-8-19-32-20-9-21-33-22-18-27(34-36-28(30)23-10-14-25(15-11-23)38(2,3)4)35-37-29(31)24-12-16-26(17-13-24)39(5,6)7/h10-17H,1,8-9,18-22H2,2-7H3. The molecule has 10 heteroatoms. The van der Waals surface area contributed by atoms with Crippen molar-refractivity contribution in [2.45, 2.75) is 58.5 Å². The lowest BCUT2D eigenvalue weighted by Crippen LogP contribution is -2.37. The summed E-state index contributed by atoms with van der Waals surface area (Å²) in [6.07, 6.45) is 1.28. The predicted molar refractivity (Wildman–Crippen MR) is 156 cm³/mol. The molecule has 0 heterocycles. The van der Waals surface area contributed by atoms with Crippen molar-refractivity contribution in [3.05, 3.63) is 72.9 Å². The first kappa shape index (κ1) is 32.9. The van der Waals surface area contributed by atoms with Gasteiger partial charge in [-0.15, -0.1) is 9.78 Å². The summed E-state index contributed by atoms with van der Waals surface area (Å²) in [6, 6.07) is 14.5. The summed E-state index contributed by atoms with van der Waals surface area (Å²) < 4.78 is 10.9. The van der Waals surface area contributed by atoms with Gasteiger partial charge in [0.15, 0.2) is 0 Å². The number of ether oxygens (including phenoxy) is 2. The highest BCUT2D eigenvalue weighted by Gasteiger charge is 2.23. The van der Waals surface area contributed by atoms with Crippen LogP contribution in [0.15, 0.2) is 48.5 Å². The number of hydrogen-bond acceptors (Lipinski definition) is 8. The van der Waals surface area contributed by atoms with Gasteiger partial charge in [-0.1, -0.05) is 80.8 Å². The Kier molecular flexibility index (Phi) is 13.5. The maximum Gasteiger partial charge on any atom is 0.373 e. The number of carbonyl (C=O) groups excluding carboxylic acids is 2. The van der Waals surface area contributed by atoms with Crippen LogP contribution in [-0.4, -0.2) is 54.5 Å². The Hall–Kier alpha value is -2.35.